The number of carbonyl (C=O) groups is 2. The summed E-state index contributed by atoms with van der Waals surface area (Å²) >= 11 is 0. The van der Waals surface area contributed by atoms with Crippen molar-refractivity contribution in [3.63, 3.8) is 0 Å². The van der Waals surface area contributed by atoms with Gasteiger partial charge in [0.05, 0.1) is 5.56 Å². The van der Waals surface area contributed by atoms with E-state index < -0.39 is 17.9 Å². The summed E-state index contributed by atoms with van der Waals surface area (Å²) in [5.74, 6) is -1.25. The summed E-state index contributed by atoms with van der Waals surface area (Å²) in [4.78, 5) is 30.4. The van der Waals surface area contributed by atoms with Crippen molar-refractivity contribution in [2.24, 2.45) is 5.92 Å². The number of carboxylic acid groups (broad SMARTS) is 1. The third-order valence-corrected chi connectivity index (χ3v) is 3.01. The summed E-state index contributed by atoms with van der Waals surface area (Å²) in [6.45, 7) is 3.83. The number of H-pyrrole nitrogens is 1. The van der Waals surface area contributed by atoms with Crippen molar-refractivity contribution in [2.45, 2.75) is 26.3 Å². The highest BCUT2D eigenvalue weighted by atomic mass is 16.4. The first-order chi connectivity index (χ1) is 9.49. The molecule has 106 valence electrons. The van der Waals surface area contributed by atoms with Gasteiger partial charge in [0.25, 0.3) is 5.91 Å². The number of aromatic nitrogens is 2. The molecule has 0 aliphatic carbocycles. The van der Waals surface area contributed by atoms with Gasteiger partial charge in [-0.2, -0.15) is 0 Å². The van der Waals surface area contributed by atoms with Gasteiger partial charge >= 0.3 is 5.97 Å². The van der Waals surface area contributed by atoms with E-state index in [0.717, 1.165) is 0 Å². The number of nitrogens with zero attached hydrogens (tertiary/aromatic N) is 1. The van der Waals surface area contributed by atoms with E-state index in [4.69, 9.17) is 5.11 Å². The Morgan fingerprint density at radius 2 is 2.20 bits per heavy atom. The second kappa shape index (κ2) is 5.73. The van der Waals surface area contributed by atoms with E-state index in [-0.39, 0.29) is 5.92 Å². The van der Waals surface area contributed by atoms with Gasteiger partial charge in [-0.1, -0.05) is 13.8 Å². The number of fused-ring (bicyclic) bond motifs is 1. The van der Waals surface area contributed by atoms with Crippen LogP contribution in [0.5, 0.6) is 0 Å². The molecule has 0 aromatic carbocycles. The average Bonchev–Trinajstić information content (AvgIpc) is 2.81. The predicted octanol–water partition coefficient (Wildman–Crippen LogP) is 1.79. The second-order valence-corrected chi connectivity index (χ2v) is 5.10. The van der Waals surface area contributed by atoms with E-state index in [1.54, 1.807) is 24.5 Å². The molecule has 2 heterocycles. The van der Waals surface area contributed by atoms with Crippen LogP contribution in [0.3, 0.4) is 0 Å². The van der Waals surface area contributed by atoms with E-state index in [2.05, 4.69) is 15.3 Å². The second-order valence-electron chi connectivity index (χ2n) is 5.10. The molecule has 2 aromatic heterocycles. The molecule has 0 saturated carbocycles. The predicted molar refractivity (Wildman–Crippen MR) is 74.4 cm³/mol. The fourth-order valence-electron chi connectivity index (χ4n) is 2.07. The van der Waals surface area contributed by atoms with Gasteiger partial charge < -0.3 is 15.4 Å². The summed E-state index contributed by atoms with van der Waals surface area (Å²) < 4.78 is 0. The quantitative estimate of drug-likeness (QED) is 0.775. The molecule has 0 radical (unpaired) electrons. The smallest absolute Gasteiger partial charge is 0.326 e. The lowest BCUT2D eigenvalue weighted by Crippen LogP contribution is -2.41. The number of aliphatic carboxylic acids is 1. The van der Waals surface area contributed by atoms with Crippen molar-refractivity contribution in [1.82, 2.24) is 15.3 Å². The van der Waals surface area contributed by atoms with E-state index in [9.17, 15) is 9.59 Å². The maximum absolute atomic E-state index is 12.2. The Morgan fingerprint density at radius 1 is 1.45 bits per heavy atom. The third-order valence-electron chi connectivity index (χ3n) is 3.01. The Morgan fingerprint density at radius 3 is 2.85 bits per heavy atom. The molecule has 3 N–H and O–H groups in total. The normalized spacial score (nSPS) is 12.6. The molecular formula is C14H17N3O3. The standard InChI is InChI=1S/C14H17N3O3/c1-8(2)6-11(14(19)20)17-13(18)10-7-16-12-9(10)4-3-5-15-12/h3-5,7-8,11H,6H2,1-2H3,(H,15,16)(H,17,18)(H,19,20)/t11-/m0/s1. The van der Waals surface area contributed by atoms with Gasteiger partial charge in [-0.25, -0.2) is 9.78 Å². The van der Waals surface area contributed by atoms with Crippen LogP contribution in [0.1, 0.15) is 30.6 Å². The number of hydrogen-bond acceptors (Lipinski definition) is 3. The zero-order chi connectivity index (χ0) is 14.7. The lowest BCUT2D eigenvalue weighted by atomic mass is 10.0. The molecule has 0 unspecified atom stereocenters. The molecule has 0 saturated heterocycles. The number of carboxylic acids is 1. The molecular weight excluding hydrogens is 258 g/mol. The zero-order valence-corrected chi connectivity index (χ0v) is 11.4. The molecule has 2 aromatic rings. The van der Waals surface area contributed by atoms with Crippen LogP contribution in [0, 0.1) is 5.92 Å². The summed E-state index contributed by atoms with van der Waals surface area (Å²) in [5.41, 5.74) is 1.01. The number of nitrogens with one attached hydrogen (secondary N) is 2. The van der Waals surface area contributed by atoms with Crippen LogP contribution in [0.2, 0.25) is 0 Å². The van der Waals surface area contributed by atoms with Crippen LogP contribution in [0.25, 0.3) is 11.0 Å². The summed E-state index contributed by atoms with van der Waals surface area (Å²) in [5, 5.41) is 12.4. The van der Waals surface area contributed by atoms with E-state index in [1.807, 2.05) is 13.8 Å². The largest absolute Gasteiger partial charge is 0.480 e. The molecule has 0 aliphatic heterocycles. The molecule has 2 rings (SSSR count). The van der Waals surface area contributed by atoms with Crippen molar-refractivity contribution in [2.75, 3.05) is 0 Å². The molecule has 0 fully saturated rings. The molecule has 0 aliphatic rings. The molecule has 0 bridgehead atoms. The summed E-state index contributed by atoms with van der Waals surface area (Å²) in [6, 6.07) is 2.62. The highest BCUT2D eigenvalue weighted by Gasteiger charge is 2.23. The van der Waals surface area contributed by atoms with Crippen LogP contribution in [-0.4, -0.2) is 33.0 Å². The van der Waals surface area contributed by atoms with E-state index >= 15 is 0 Å². The fourth-order valence-corrected chi connectivity index (χ4v) is 2.07. The minimum absolute atomic E-state index is 0.182. The monoisotopic (exact) mass is 275 g/mol. The van der Waals surface area contributed by atoms with Crippen molar-refractivity contribution < 1.29 is 14.7 Å². The van der Waals surface area contributed by atoms with Gasteiger partial charge in [0.1, 0.15) is 11.7 Å². The average molecular weight is 275 g/mol. The minimum atomic E-state index is -1.02. The Labute approximate surface area is 116 Å². The highest BCUT2D eigenvalue weighted by Crippen LogP contribution is 2.16. The molecule has 1 amide bonds. The van der Waals surface area contributed by atoms with Crippen molar-refractivity contribution in [3.8, 4) is 0 Å². The molecule has 0 spiro atoms. The Kier molecular flexibility index (Phi) is 4.02. The van der Waals surface area contributed by atoms with Gasteiger partial charge in [-0.15, -0.1) is 0 Å². The number of carbonyl (C=O) groups excluding carboxylic acids is 1. The van der Waals surface area contributed by atoms with E-state index in [1.165, 1.54) is 0 Å². The van der Waals surface area contributed by atoms with Crippen molar-refractivity contribution >= 4 is 22.9 Å². The number of rotatable bonds is 5. The molecule has 1 atom stereocenters. The number of amides is 1. The molecule has 20 heavy (non-hydrogen) atoms. The minimum Gasteiger partial charge on any atom is -0.480 e. The SMILES string of the molecule is CC(C)C[C@H](NC(=O)c1c[nH]c2ncccc12)C(=O)O. The maximum Gasteiger partial charge on any atom is 0.326 e. The van der Waals surface area contributed by atoms with Gasteiger partial charge in [-0.3, -0.25) is 4.79 Å². The molecule has 6 heteroatoms. The first-order valence-corrected chi connectivity index (χ1v) is 6.44. The first kappa shape index (κ1) is 14.0. The Hall–Kier alpha value is -2.37. The fraction of sp³-hybridized carbons (Fsp3) is 0.357. The Bertz CT molecular complexity index is 633. The topological polar surface area (TPSA) is 95.1 Å². The molecule has 6 nitrogen and oxygen atoms in total. The zero-order valence-electron chi connectivity index (χ0n) is 11.4. The number of hydrogen-bond donors (Lipinski definition) is 3. The van der Waals surface area contributed by atoms with Crippen molar-refractivity contribution in [1.29, 1.82) is 0 Å². The van der Waals surface area contributed by atoms with Crippen molar-refractivity contribution in [3.05, 3.63) is 30.1 Å². The summed E-state index contributed by atoms with van der Waals surface area (Å²) in [6.07, 6.45) is 3.56. The number of aromatic amines is 1. The van der Waals surface area contributed by atoms with Crippen LogP contribution in [0.4, 0.5) is 0 Å². The van der Waals surface area contributed by atoms with Gasteiger partial charge in [0.15, 0.2) is 0 Å². The van der Waals surface area contributed by atoms with Gasteiger partial charge in [0.2, 0.25) is 0 Å². The Balaban J connectivity index is 2.20. The van der Waals surface area contributed by atoms with Gasteiger partial charge in [-0.05, 0) is 24.5 Å². The lowest BCUT2D eigenvalue weighted by molar-refractivity contribution is -0.139. The highest BCUT2D eigenvalue weighted by molar-refractivity contribution is 6.06. The van der Waals surface area contributed by atoms with E-state index in [0.29, 0.717) is 23.0 Å². The maximum atomic E-state index is 12.2. The first-order valence-electron chi connectivity index (χ1n) is 6.44. The van der Waals surface area contributed by atoms with Crippen LogP contribution >= 0.6 is 0 Å². The van der Waals surface area contributed by atoms with Crippen LogP contribution < -0.4 is 5.32 Å². The van der Waals surface area contributed by atoms with Gasteiger partial charge in [0, 0.05) is 17.8 Å². The van der Waals surface area contributed by atoms with Crippen LogP contribution in [-0.2, 0) is 4.79 Å². The summed E-state index contributed by atoms with van der Waals surface area (Å²) in [7, 11) is 0. The van der Waals surface area contributed by atoms with Crippen LogP contribution in [0.15, 0.2) is 24.5 Å². The third kappa shape index (κ3) is 2.96. The number of pyridine rings is 1. The lowest BCUT2D eigenvalue weighted by Gasteiger charge is -2.16.